The van der Waals surface area contributed by atoms with Crippen LogP contribution in [0.3, 0.4) is 0 Å². The third-order valence-electron chi connectivity index (χ3n) is 2.59. The standard InChI is InChI=1S/C12H19NO4/c1-4-9(7-16-3)13-6-10-5-8(2)11(17-10)12(14)15/h5,9,13H,4,6-7H2,1-3H3,(H,14,15). The Morgan fingerprint density at radius 2 is 2.35 bits per heavy atom. The number of nitrogens with one attached hydrogen (secondary N) is 1. The summed E-state index contributed by atoms with van der Waals surface area (Å²) in [5, 5.41) is 12.1. The van der Waals surface area contributed by atoms with E-state index < -0.39 is 5.97 Å². The molecule has 0 aliphatic carbocycles. The van der Waals surface area contributed by atoms with E-state index in [2.05, 4.69) is 12.2 Å². The van der Waals surface area contributed by atoms with Crippen molar-refractivity contribution >= 4 is 5.97 Å². The molecular formula is C12H19NO4. The summed E-state index contributed by atoms with van der Waals surface area (Å²) >= 11 is 0. The topological polar surface area (TPSA) is 71.7 Å². The highest BCUT2D eigenvalue weighted by Crippen LogP contribution is 2.14. The summed E-state index contributed by atoms with van der Waals surface area (Å²) in [5.41, 5.74) is 0.647. The number of ether oxygens (including phenoxy) is 1. The van der Waals surface area contributed by atoms with Crippen LogP contribution in [0.5, 0.6) is 0 Å². The largest absolute Gasteiger partial charge is 0.475 e. The van der Waals surface area contributed by atoms with E-state index >= 15 is 0 Å². The molecule has 5 nitrogen and oxygen atoms in total. The van der Waals surface area contributed by atoms with Gasteiger partial charge in [0.25, 0.3) is 0 Å². The normalized spacial score (nSPS) is 12.6. The molecule has 0 saturated heterocycles. The minimum Gasteiger partial charge on any atom is -0.475 e. The molecule has 1 heterocycles. The van der Waals surface area contributed by atoms with E-state index in [1.54, 1.807) is 20.1 Å². The molecule has 1 unspecified atom stereocenters. The molecule has 0 bridgehead atoms. The molecule has 0 amide bonds. The molecule has 0 aromatic carbocycles. The summed E-state index contributed by atoms with van der Waals surface area (Å²) < 4.78 is 10.3. The van der Waals surface area contributed by atoms with Crippen LogP contribution < -0.4 is 5.32 Å². The van der Waals surface area contributed by atoms with Gasteiger partial charge >= 0.3 is 5.97 Å². The Balaban J connectivity index is 2.57. The SMILES string of the molecule is CCC(COC)NCc1cc(C)c(C(=O)O)o1. The molecule has 0 aliphatic rings. The van der Waals surface area contributed by atoms with Gasteiger partial charge in [-0.1, -0.05) is 6.92 Å². The summed E-state index contributed by atoms with van der Waals surface area (Å²) in [5.74, 6) is -0.381. The summed E-state index contributed by atoms with van der Waals surface area (Å²) in [6.07, 6.45) is 0.944. The van der Waals surface area contributed by atoms with Crippen LogP contribution >= 0.6 is 0 Å². The molecule has 0 aliphatic heterocycles. The molecule has 1 aromatic heterocycles. The number of hydrogen-bond donors (Lipinski definition) is 2. The predicted molar refractivity (Wildman–Crippen MR) is 63.2 cm³/mol. The lowest BCUT2D eigenvalue weighted by Gasteiger charge is -2.14. The van der Waals surface area contributed by atoms with Gasteiger partial charge in [0.15, 0.2) is 0 Å². The van der Waals surface area contributed by atoms with Gasteiger partial charge in [-0.15, -0.1) is 0 Å². The molecule has 0 radical (unpaired) electrons. The highest BCUT2D eigenvalue weighted by molar-refractivity contribution is 5.86. The number of carbonyl (C=O) groups is 1. The van der Waals surface area contributed by atoms with Crippen LogP contribution in [0.15, 0.2) is 10.5 Å². The van der Waals surface area contributed by atoms with Gasteiger partial charge in [-0.3, -0.25) is 0 Å². The summed E-state index contributed by atoms with van der Waals surface area (Å²) in [6.45, 7) is 4.92. The Hall–Kier alpha value is -1.33. The van der Waals surface area contributed by atoms with Crippen LogP contribution in [0.25, 0.3) is 0 Å². The maximum absolute atomic E-state index is 10.8. The average molecular weight is 241 g/mol. The summed E-state index contributed by atoms with van der Waals surface area (Å²) in [7, 11) is 1.66. The number of methoxy groups -OCH3 is 1. The number of carboxylic acids is 1. The lowest BCUT2D eigenvalue weighted by molar-refractivity contribution is 0.0658. The van der Waals surface area contributed by atoms with Crippen LogP contribution in [0.1, 0.15) is 35.2 Å². The van der Waals surface area contributed by atoms with Crippen molar-refractivity contribution in [3.8, 4) is 0 Å². The van der Waals surface area contributed by atoms with E-state index in [9.17, 15) is 4.79 Å². The second kappa shape index (κ2) is 6.42. The smallest absolute Gasteiger partial charge is 0.372 e. The number of aromatic carboxylic acids is 1. The molecule has 0 saturated carbocycles. The van der Waals surface area contributed by atoms with Crippen molar-refractivity contribution in [2.24, 2.45) is 0 Å². The molecule has 2 N–H and O–H groups in total. The van der Waals surface area contributed by atoms with Gasteiger partial charge in [0.1, 0.15) is 5.76 Å². The number of furan rings is 1. The summed E-state index contributed by atoms with van der Waals surface area (Å²) in [4.78, 5) is 10.8. The highest BCUT2D eigenvalue weighted by Gasteiger charge is 2.14. The fourth-order valence-electron chi connectivity index (χ4n) is 1.61. The number of rotatable bonds is 7. The van der Waals surface area contributed by atoms with Crippen LogP contribution in [-0.2, 0) is 11.3 Å². The first-order valence-corrected chi connectivity index (χ1v) is 5.63. The van der Waals surface area contributed by atoms with Crippen LogP contribution in [0, 0.1) is 6.92 Å². The summed E-state index contributed by atoms with van der Waals surface area (Å²) in [6, 6.07) is 1.99. The molecule has 96 valence electrons. The zero-order chi connectivity index (χ0) is 12.8. The zero-order valence-electron chi connectivity index (χ0n) is 10.4. The van der Waals surface area contributed by atoms with Crippen molar-refractivity contribution in [2.75, 3.05) is 13.7 Å². The molecule has 17 heavy (non-hydrogen) atoms. The van der Waals surface area contributed by atoms with Crippen molar-refractivity contribution in [3.05, 3.63) is 23.2 Å². The predicted octanol–water partition coefficient (Wildman–Crippen LogP) is 1.80. The van der Waals surface area contributed by atoms with E-state index in [0.717, 1.165) is 6.42 Å². The molecular weight excluding hydrogens is 222 g/mol. The van der Waals surface area contributed by atoms with Gasteiger partial charge < -0.3 is 19.6 Å². The van der Waals surface area contributed by atoms with Crippen LogP contribution in [0.2, 0.25) is 0 Å². The van der Waals surface area contributed by atoms with E-state index in [1.807, 2.05) is 0 Å². The number of aryl methyl sites for hydroxylation is 1. The van der Waals surface area contributed by atoms with E-state index in [1.165, 1.54) is 0 Å². The molecule has 1 atom stereocenters. The second-order valence-electron chi connectivity index (χ2n) is 3.97. The fraction of sp³-hybridized carbons (Fsp3) is 0.583. The van der Waals surface area contributed by atoms with Crippen LogP contribution in [-0.4, -0.2) is 30.8 Å². The maximum Gasteiger partial charge on any atom is 0.372 e. The number of carboxylic acid groups (broad SMARTS) is 1. The molecule has 1 rings (SSSR count). The first kappa shape index (κ1) is 13.7. The third kappa shape index (κ3) is 3.87. The highest BCUT2D eigenvalue weighted by atomic mass is 16.5. The fourth-order valence-corrected chi connectivity index (χ4v) is 1.61. The van der Waals surface area contributed by atoms with Gasteiger partial charge in [0.2, 0.25) is 5.76 Å². The van der Waals surface area contributed by atoms with Crippen molar-refractivity contribution in [2.45, 2.75) is 32.9 Å². The minimum absolute atomic E-state index is 0.0154. The second-order valence-corrected chi connectivity index (χ2v) is 3.97. The quantitative estimate of drug-likeness (QED) is 0.761. The van der Waals surface area contributed by atoms with Crippen molar-refractivity contribution < 1.29 is 19.1 Å². The number of hydrogen-bond acceptors (Lipinski definition) is 4. The first-order valence-electron chi connectivity index (χ1n) is 5.63. The lowest BCUT2D eigenvalue weighted by Crippen LogP contribution is -2.31. The van der Waals surface area contributed by atoms with Gasteiger partial charge in [-0.2, -0.15) is 0 Å². The Kier molecular flexibility index (Phi) is 5.18. The molecule has 1 aromatic rings. The monoisotopic (exact) mass is 241 g/mol. The minimum atomic E-state index is -1.03. The van der Waals surface area contributed by atoms with E-state index in [-0.39, 0.29) is 11.8 Å². The molecule has 0 spiro atoms. The van der Waals surface area contributed by atoms with Gasteiger partial charge in [-0.05, 0) is 19.4 Å². The molecule has 5 heteroatoms. The Morgan fingerprint density at radius 3 is 2.82 bits per heavy atom. The van der Waals surface area contributed by atoms with Gasteiger partial charge in [-0.25, -0.2) is 4.79 Å². The van der Waals surface area contributed by atoms with Crippen molar-refractivity contribution in [1.82, 2.24) is 5.32 Å². The first-order chi connectivity index (χ1) is 8.08. The Morgan fingerprint density at radius 1 is 1.65 bits per heavy atom. The maximum atomic E-state index is 10.8. The van der Waals surface area contributed by atoms with E-state index in [0.29, 0.717) is 24.5 Å². The average Bonchev–Trinajstić information content (AvgIpc) is 2.66. The van der Waals surface area contributed by atoms with Gasteiger partial charge in [0, 0.05) is 18.7 Å². The van der Waals surface area contributed by atoms with E-state index in [4.69, 9.17) is 14.3 Å². The lowest BCUT2D eigenvalue weighted by atomic mass is 10.2. The van der Waals surface area contributed by atoms with Crippen molar-refractivity contribution in [1.29, 1.82) is 0 Å². The van der Waals surface area contributed by atoms with Crippen molar-refractivity contribution in [3.63, 3.8) is 0 Å². The molecule has 0 fully saturated rings. The Bertz CT molecular complexity index is 373. The van der Waals surface area contributed by atoms with Crippen LogP contribution in [0.4, 0.5) is 0 Å². The van der Waals surface area contributed by atoms with Gasteiger partial charge in [0.05, 0.1) is 13.2 Å². The zero-order valence-corrected chi connectivity index (χ0v) is 10.4. The Labute approximate surface area is 101 Å². The third-order valence-corrected chi connectivity index (χ3v) is 2.59.